The van der Waals surface area contributed by atoms with Crippen molar-refractivity contribution < 1.29 is 43.2 Å². The van der Waals surface area contributed by atoms with Crippen LogP contribution < -0.4 is 16.4 Å². The zero-order valence-corrected chi connectivity index (χ0v) is 18.1. The standard InChI is InChI=1S/C19H35N3O9/c1-15(23)13-30-11-9-29-8-6-22-18(25)14-31-12-10-28-7-5-21-17(24)4-2-3-16(20)19(26)27/h16H,2-14,20H2,1H3,(H,21,24)(H,22,25)(H,26,27). The molecule has 0 fully saturated rings. The van der Waals surface area contributed by atoms with Crippen molar-refractivity contribution in [1.29, 1.82) is 0 Å². The van der Waals surface area contributed by atoms with Crippen molar-refractivity contribution in [3.05, 3.63) is 0 Å². The molecule has 2 amide bonds. The second-order valence-corrected chi connectivity index (χ2v) is 6.57. The maximum atomic E-state index is 11.6. The molecule has 0 radical (unpaired) electrons. The fourth-order valence-corrected chi connectivity index (χ4v) is 2.09. The fraction of sp³-hybridized carbons (Fsp3) is 0.789. The molecule has 0 aromatic heterocycles. The van der Waals surface area contributed by atoms with Crippen molar-refractivity contribution in [2.24, 2.45) is 5.73 Å². The Bertz CT molecular complexity index is 532. The Balaban J connectivity index is 3.35. The van der Waals surface area contributed by atoms with E-state index >= 15 is 0 Å². The number of nitrogens with one attached hydrogen (secondary N) is 2. The van der Waals surface area contributed by atoms with Gasteiger partial charge in [0.15, 0.2) is 5.78 Å². The maximum absolute atomic E-state index is 11.6. The van der Waals surface area contributed by atoms with E-state index in [4.69, 9.17) is 29.8 Å². The van der Waals surface area contributed by atoms with Crippen molar-refractivity contribution >= 4 is 23.6 Å². The number of amides is 2. The van der Waals surface area contributed by atoms with E-state index in [0.717, 1.165) is 0 Å². The Labute approximate surface area is 182 Å². The van der Waals surface area contributed by atoms with Gasteiger partial charge in [-0.15, -0.1) is 0 Å². The molecule has 5 N–H and O–H groups in total. The van der Waals surface area contributed by atoms with Gasteiger partial charge in [0.05, 0.1) is 39.6 Å². The Morgan fingerprint density at radius 1 is 0.806 bits per heavy atom. The van der Waals surface area contributed by atoms with Gasteiger partial charge in [-0.05, 0) is 19.8 Å². The maximum Gasteiger partial charge on any atom is 0.320 e. The van der Waals surface area contributed by atoms with Crippen molar-refractivity contribution in [3.8, 4) is 0 Å². The van der Waals surface area contributed by atoms with Gasteiger partial charge in [-0.25, -0.2) is 0 Å². The van der Waals surface area contributed by atoms with Crippen molar-refractivity contribution in [1.82, 2.24) is 10.6 Å². The minimum atomic E-state index is -1.08. The highest BCUT2D eigenvalue weighted by Gasteiger charge is 2.11. The van der Waals surface area contributed by atoms with Gasteiger partial charge in [-0.1, -0.05) is 0 Å². The second-order valence-electron chi connectivity index (χ2n) is 6.57. The summed E-state index contributed by atoms with van der Waals surface area (Å²) >= 11 is 0. The van der Waals surface area contributed by atoms with Gasteiger partial charge in [0, 0.05) is 19.5 Å². The molecule has 0 aliphatic heterocycles. The van der Waals surface area contributed by atoms with E-state index in [0.29, 0.717) is 45.9 Å². The highest BCUT2D eigenvalue weighted by molar-refractivity contribution is 5.77. The Morgan fingerprint density at radius 2 is 1.32 bits per heavy atom. The van der Waals surface area contributed by atoms with Crippen molar-refractivity contribution in [3.63, 3.8) is 0 Å². The number of aliphatic carboxylic acids is 1. The van der Waals surface area contributed by atoms with E-state index in [1.165, 1.54) is 6.92 Å². The summed E-state index contributed by atoms with van der Waals surface area (Å²) in [4.78, 5) is 44.3. The van der Waals surface area contributed by atoms with Crippen LogP contribution in [-0.2, 0) is 38.1 Å². The molecule has 0 aromatic carbocycles. The molecule has 0 heterocycles. The molecule has 0 aliphatic rings. The molecule has 0 saturated heterocycles. The fourth-order valence-electron chi connectivity index (χ4n) is 2.09. The van der Waals surface area contributed by atoms with Gasteiger partial charge >= 0.3 is 5.97 Å². The third-order valence-corrected chi connectivity index (χ3v) is 3.66. The molecule has 12 nitrogen and oxygen atoms in total. The van der Waals surface area contributed by atoms with E-state index in [9.17, 15) is 19.2 Å². The smallest absolute Gasteiger partial charge is 0.320 e. The third kappa shape index (κ3) is 20.9. The van der Waals surface area contributed by atoms with Crippen LogP contribution in [0.1, 0.15) is 26.2 Å². The molecule has 0 spiro atoms. The summed E-state index contributed by atoms with van der Waals surface area (Å²) in [5.74, 6) is -1.59. The number of hydrogen-bond acceptors (Lipinski definition) is 9. The Hall–Kier alpha value is -2.12. The molecule has 180 valence electrons. The average molecular weight is 450 g/mol. The van der Waals surface area contributed by atoms with E-state index in [-0.39, 0.29) is 56.9 Å². The molecular formula is C19H35N3O9. The average Bonchev–Trinajstić information content (AvgIpc) is 2.71. The lowest BCUT2D eigenvalue weighted by molar-refractivity contribution is -0.139. The van der Waals surface area contributed by atoms with Gasteiger partial charge in [-0.3, -0.25) is 19.2 Å². The molecule has 1 atom stereocenters. The lowest BCUT2D eigenvalue weighted by Gasteiger charge is -2.09. The number of carbonyl (C=O) groups excluding carboxylic acids is 3. The summed E-state index contributed by atoms with van der Waals surface area (Å²) in [6, 6.07) is -0.948. The van der Waals surface area contributed by atoms with Crippen LogP contribution in [0.25, 0.3) is 0 Å². The van der Waals surface area contributed by atoms with E-state index < -0.39 is 12.0 Å². The number of carboxylic acid groups (broad SMARTS) is 1. The minimum Gasteiger partial charge on any atom is -0.480 e. The summed E-state index contributed by atoms with van der Waals surface area (Å²) in [7, 11) is 0. The first kappa shape index (κ1) is 28.9. The number of carboxylic acids is 1. The highest BCUT2D eigenvalue weighted by atomic mass is 16.5. The van der Waals surface area contributed by atoms with Crippen LogP contribution in [0.5, 0.6) is 0 Å². The van der Waals surface area contributed by atoms with Crippen LogP contribution in [0.4, 0.5) is 0 Å². The number of rotatable bonds is 21. The van der Waals surface area contributed by atoms with Crippen LogP contribution in [0.3, 0.4) is 0 Å². The summed E-state index contributed by atoms with van der Waals surface area (Å²) in [5, 5.41) is 13.9. The number of hydrogen-bond donors (Lipinski definition) is 4. The van der Waals surface area contributed by atoms with Gasteiger partial charge < -0.3 is 40.4 Å². The first-order chi connectivity index (χ1) is 14.8. The Kier molecular flexibility index (Phi) is 18.5. The molecule has 1 unspecified atom stereocenters. The lowest BCUT2D eigenvalue weighted by atomic mass is 10.1. The summed E-state index contributed by atoms with van der Waals surface area (Å²) in [6.45, 7) is 3.88. The Morgan fingerprint density at radius 3 is 1.87 bits per heavy atom. The van der Waals surface area contributed by atoms with Gasteiger partial charge in [0.1, 0.15) is 19.3 Å². The summed E-state index contributed by atoms with van der Waals surface area (Å²) in [5.41, 5.74) is 5.35. The molecular weight excluding hydrogens is 414 g/mol. The number of Topliss-reactive ketones (excluding diaryl/α,β-unsaturated/α-hetero) is 1. The molecule has 12 heteroatoms. The summed E-state index contributed by atoms with van der Waals surface area (Å²) < 4.78 is 20.7. The van der Waals surface area contributed by atoms with E-state index in [1.807, 2.05) is 0 Å². The lowest BCUT2D eigenvalue weighted by Crippen LogP contribution is -2.32. The molecule has 0 aliphatic carbocycles. The van der Waals surface area contributed by atoms with E-state index in [1.54, 1.807) is 0 Å². The predicted octanol–water partition coefficient (Wildman–Crippen LogP) is -1.54. The zero-order valence-electron chi connectivity index (χ0n) is 18.1. The monoisotopic (exact) mass is 449 g/mol. The first-order valence-corrected chi connectivity index (χ1v) is 10.1. The molecule has 0 rings (SSSR count). The minimum absolute atomic E-state index is 0.0443. The predicted molar refractivity (Wildman–Crippen MR) is 109 cm³/mol. The van der Waals surface area contributed by atoms with Crippen molar-refractivity contribution in [2.75, 3.05) is 65.9 Å². The normalized spacial score (nSPS) is 11.7. The van der Waals surface area contributed by atoms with Crippen LogP contribution in [0.2, 0.25) is 0 Å². The second kappa shape index (κ2) is 19.8. The number of nitrogens with two attached hydrogens (primary N) is 1. The first-order valence-electron chi connectivity index (χ1n) is 10.1. The molecule has 0 saturated carbocycles. The zero-order chi connectivity index (χ0) is 23.3. The van der Waals surface area contributed by atoms with Gasteiger partial charge in [0.2, 0.25) is 11.8 Å². The van der Waals surface area contributed by atoms with Crippen LogP contribution in [0, 0.1) is 0 Å². The van der Waals surface area contributed by atoms with Crippen LogP contribution in [0.15, 0.2) is 0 Å². The quantitative estimate of drug-likeness (QED) is 0.150. The SMILES string of the molecule is CC(=O)COCCOCCNC(=O)COCCOCCNC(=O)CCCC(N)C(=O)O. The molecule has 0 bridgehead atoms. The molecule has 0 aromatic rings. The number of ketones is 1. The van der Waals surface area contributed by atoms with Crippen molar-refractivity contribution in [2.45, 2.75) is 32.2 Å². The van der Waals surface area contributed by atoms with Crippen LogP contribution >= 0.6 is 0 Å². The number of ether oxygens (including phenoxy) is 4. The van der Waals surface area contributed by atoms with Gasteiger partial charge in [0.25, 0.3) is 0 Å². The molecule has 31 heavy (non-hydrogen) atoms. The topological polar surface area (TPSA) is 176 Å². The van der Waals surface area contributed by atoms with E-state index in [2.05, 4.69) is 10.6 Å². The number of carbonyl (C=O) groups is 4. The summed E-state index contributed by atoms with van der Waals surface area (Å²) in [6.07, 6.45) is 0.851. The highest BCUT2D eigenvalue weighted by Crippen LogP contribution is 1.99. The van der Waals surface area contributed by atoms with Crippen LogP contribution in [-0.4, -0.2) is 101 Å². The third-order valence-electron chi connectivity index (χ3n) is 3.66. The van der Waals surface area contributed by atoms with Gasteiger partial charge in [-0.2, -0.15) is 0 Å². The largest absolute Gasteiger partial charge is 0.480 e.